The summed E-state index contributed by atoms with van der Waals surface area (Å²) in [5, 5.41) is 0. The molecular weight excluding hydrogens is 160 g/mol. The van der Waals surface area contributed by atoms with Gasteiger partial charge in [-0.05, 0) is 44.6 Å². The summed E-state index contributed by atoms with van der Waals surface area (Å²) in [5.41, 5.74) is 9.39. The number of likely N-dealkylation sites (N-methyl/N-ethyl adjacent to an activating group) is 1. The van der Waals surface area contributed by atoms with E-state index in [1.807, 2.05) is 12.1 Å². The molecule has 1 rings (SSSR count). The summed E-state index contributed by atoms with van der Waals surface area (Å²) in [4.78, 5) is 2.17. The molecule has 0 atom stereocenters. The van der Waals surface area contributed by atoms with Crippen LogP contribution < -0.4 is 5.73 Å². The molecule has 0 radical (unpaired) electrons. The Balaban J connectivity index is 2.75. The maximum atomic E-state index is 5.89. The van der Waals surface area contributed by atoms with E-state index in [-0.39, 0.29) is 0 Å². The van der Waals surface area contributed by atoms with Crippen LogP contribution in [0.25, 0.3) is 0 Å². The number of anilines is 1. The summed E-state index contributed by atoms with van der Waals surface area (Å²) in [5.74, 6) is 0. The topological polar surface area (TPSA) is 29.3 Å². The fraction of sp³-hybridized carbons (Fsp3) is 0.455. The third-order valence-electron chi connectivity index (χ3n) is 2.26. The quantitative estimate of drug-likeness (QED) is 0.714. The van der Waals surface area contributed by atoms with Crippen LogP contribution in [0.2, 0.25) is 0 Å². The van der Waals surface area contributed by atoms with Gasteiger partial charge in [0, 0.05) is 12.2 Å². The molecule has 0 aromatic heterocycles. The highest BCUT2D eigenvalue weighted by Crippen LogP contribution is 2.16. The van der Waals surface area contributed by atoms with Crippen molar-refractivity contribution in [3.8, 4) is 0 Å². The molecule has 0 fully saturated rings. The molecule has 0 saturated heterocycles. The third-order valence-corrected chi connectivity index (χ3v) is 2.26. The summed E-state index contributed by atoms with van der Waals surface area (Å²) in [7, 11) is 4.16. The predicted molar refractivity (Wildman–Crippen MR) is 57.8 cm³/mol. The lowest BCUT2D eigenvalue weighted by Gasteiger charge is -2.12. The normalized spacial score (nSPS) is 10.8. The number of benzene rings is 1. The Bertz CT molecular complexity index is 259. The lowest BCUT2D eigenvalue weighted by Crippen LogP contribution is -2.16. The second kappa shape index (κ2) is 4.28. The zero-order chi connectivity index (χ0) is 9.84. The summed E-state index contributed by atoms with van der Waals surface area (Å²) < 4.78 is 0. The fourth-order valence-corrected chi connectivity index (χ4v) is 1.40. The Morgan fingerprint density at radius 1 is 1.31 bits per heavy atom. The average Bonchev–Trinajstić information content (AvgIpc) is 2.03. The largest absolute Gasteiger partial charge is 0.398 e. The lowest BCUT2D eigenvalue weighted by molar-refractivity contribution is 0.413. The van der Waals surface area contributed by atoms with Crippen LogP contribution in [0.3, 0.4) is 0 Å². The van der Waals surface area contributed by atoms with Gasteiger partial charge in [-0.3, -0.25) is 0 Å². The lowest BCUT2D eigenvalue weighted by atomic mass is 10.0. The van der Waals surface area contributed by atoms with Gasteiger partial charge in [-0.25, -0.2) is 0 Å². The molecule has 2 heteroatoms. The molecule has 0 heterocycles. The van der Waals surface area contributed by atoms with Gasteiger partial charge in [0.25, 0.3) is 0 Å². The highest BCUT2D eigenvalue weighted by atomic mass is 15.0. The molecule has 0 amide bonds. The van der Waals surface area contributed by atoms with Crippen LogP contribution in [0.1, 0.15) is 11.1 Å². The number of aryl methyl sites for hydroxylation is 1. The predicted octanol–water partition coefficient (Wildman–Crippen LogP) is 1.68. The van der Waals surface area contributed by atoms with Gasteiger partial charge in [0.15, 0.2) is 0 Å². The first kappa shape index (κ1) is 10.1. The molecule has 2 N–H and O–H groups in total. The van der Waals surface area contributed by atoms with Crippen molar-refractivity contribution in [2.24, 2.45) is 0 Å². The van der Waals surface area contributed by atoms with E-state index >= 15 is 0 Å². The second-order valence-corrected chi connectivity index (χ2v) is 3.70. The van der Waals surface area contributed by atoms with Crippen LogP contribution in [-0.2, 0) is 6.42 Å². The summed E-state index contributed by atoms with van der Waals surface area (Å²) in [6.07, 6.45) is 1.03. The molecule has 0 aliphatic rings. The number of hydrogen-bond acceptors (Lipinski definition) is 2. The Morgan fingerprint density at radius 2 is 2.00 bits per heavy atom. The first-order valence-electron chi connectivity index (χ1n) is 4.60. The van der Waals surface area contributed by atoms with Crippen molar-refractivity contribution in [1.82, 2.24) is 4.90 Å². The first-order valence-corrected chi connectivity index (χ1v) is 4.60. The Kier molecular flexibility index (Phi) is 3.32. The smallest absolute Gasteiger partial charge is 0.0349 e. The monoisotopic (exact) mass is 178 g/mol. The molecule has 13 heavy (non-hydrogen) atoms. The van der Waals surface area contributed by atoms with Crippen molar-refractivity contribution in [2.75, 3.05) is 26.4 Å². The van der Waals surface area contributed by atoms with Crippen molar-refractivity contribution in [2.45, 2.75) is 13.3 Å². The van der Waals surface area contributed by atoms with Gasteiger partial charge in [0.05, 0.1) is 0 Å². The number of nitrogen functional groups attached to an aromatic ring is 1. The van der Waals surface area contributed by atoms with Crippen LogP contribution in [0, 0.1) is 6.92 Å². The SMILES string of the molecule is Cc1cccc(N)c1CCN(C)C. The standard InChI is InChI=1S/C11H18N2/c1-9-5-4-6-11(12)10(9)7-8-13(2)3/h4-6H,7-8,12H2,1-3H3. The molecule has 0 spiro atoms. The van der Waals surface area contributed by atoms with E-state index in [0.29, 0.717) is 0 Å². The van der Waals surface area contributed by atoms with Gasteiger partial charge in [-0.2, -0.15) is 0 Å². The molecule has 0 aliphatic carbocycles. The molecule has 0 bridgehead atoms. The highest BCUT2D eigenvalue weighted by molar-refractivity contribution is 5.50. The Hall–Kier alpha value is -1.02. The number of rotatable bonds is 3. The van der Waals surface area contributed by atoms with Gasteiger partial charge >= 0.3 is 0 Å². The molecule has 2 nitrogen and oxygen atoms in total. The second-order valence-electron chi connectivity index (χ2n) is 3.70. The van der Waals surface area contributed by atoms with E-state index in [0.717, 1.165) is 18.7 Å². The third kappa shape index (κ3) is 2.74. The van der Waals surface area contributed by atoms with Crippen molar-refractivity contribution in [3.63, 3.8) is 0 Å². The van der Waals surface area contributed by atoms with Crippen LogP contribution in [-0.4, -0.2) is 25.5 Å². The molecule has 0 saturated carbocycles. The maximum Gasteiger partial charge on any atom is 0.0349 e. The van der Waals surface area contributed by atoms with E-state index < -0.39 is 0 Å². The minimum absolute atomic E-state index is 0.918. The summed E-state index contributed by atoms with van der Waals surface area (Å²) in [6.45, 7) is 3.16. The zero-order valence-corrected chi connectivity index (χ0v) is 8.67. The van der Waals surface area contributed by atoms with E-state index in [1.165, 1.54) is 11.1 Å². The van der Waals surface area contributed by atoms with Gasteiger partial charge in [-0.1, -0.05) is 12.1 Å². The molecule has 0 aliphatic heterocycles. The van der Waals surface area contributed by atoms with E-state index in [4.69, 9.17) is 5.73 Å². The van der Waals surface area contributed by atoms with Crippen LogP contribution in [0.5, 0.6) is 0 Å². The molecule has 1 aromatic carbocycles. The minimum atomic E-state index is 0.918. The van der Waals surface area contributed by atoms with Gasteiger partial charge in [0.1, 0.15) is 0 Å². The number of nitrogens with two attached hydrogens (primary N) is 1. The Labute approximate surface area is 80.4 Å². The zero-order valence-electron chi connectivity index (χ0n) is 8.67. The molecule has 1 aromatic rings. The van der Waals surface area contributed by atoms with Crippen molar-refractivity contribution in [1.29, 1.82) is 0 Å². The van der Waals surface area contributed by atoms with Crippen molar-refractivity contribution < 1.29 is 0 Å². The van der Waals surface area contributed by atoms with E-state index in [1.54, 1.807) is 0 Å². The molecular formula is C11H18N2. The summed E-state index contributed by atoms with van der Waals surface area (Å²) >= 11 is 0. The van der Waals surface area contributed by atoms with Crippen LogP contribution >= 0.6 is 0 Å². The molecule has 0 unspecified atom stereocenters. The fourth-order valence-electron chi connectivity index (χ4n) is 1.40. The summed E-state index contributed by atoms with van der Waals surface area (Å²) in [6, 6.07) is 6.09. The van der Waals surface area contributed by atoms with Crippen molar-refractivity contribution in [3.05, 3.63) is 29.3 Å². The maximum absolute atomic E-state index is 5.89. The minimum Gasteiger partial charge on any atom is -0.398 e. The average molecular weight is 178 g/mol. The van der Waals surface area contributed by atoms with Crippen LogP contribution in [0.4, 0.5) is 5.69 Å². The first-order chi connectivity index (χ1) is 6.11. The van der Waals surface area contributed by atoms with E-state index in [9.17, 15) is 0 Å². The molecule has 72 valence electrons. The number of hydrogen-bond donors (Lipinski definition) is 1. The van der Waals surface area contributed by atoms with Crippen molar-refractivity contribution >= 4 is 5.69 Å². The van der Waals surface area contributed by atoms with E-state index in [2.05, 4.69) is 32.0 Å². The van der Waals surface area contributed by atoms with Crippen LogP contribution in [0.15, 0.2) is 18.2 Å². The van der Waals surface area contributed by atoms with Gasteiger partial charge in [0.2, 0.25) is 0 Å². The Morgan fingerprint density at radius 3 is 2.54 bits per heavy atom. The van der Waals surface area contributed by atoms with Gasteiger partial charge < -0.3 is 10.6 Å². The number of nitrogens with zero attached hydrogens (tertiary/aromatic N) is 1. The highest BCUT2D eigenvalue weighted by Gasteiger charge is 2.02. The van der Waals surface area contributed by atoms with Gasteiger partial charge in [-0.15, -0.1) is 0 Å².